The number of hydrogen-bond acceptors (Lipinski definition) is 1. The van der Waals surface area contributed by atoms with Gasteiger partial charge in [-0.25, -0.2) is 0 Å². The van der Waals surface area contributed by atoms with Gasteiger partial charge in [-0.15, -0.1) is 0 Å². The molecule has 0 spiro atoms. The van der Waals surface area contributed by atoms with E-state index in [9.17, 15) is 0 Å². The molecule has 0 amide bonds. The van der Waals surface area contributed by atoms with Gasteiger partial charge in [-0.3, -0.25) is 0 Å². The van der Waals surface area contributed by atoms with Crippen molar-refractivity contribution in [3.8, 4) is 0 Å². The molecule has 0 saturated heterocycles. The molecular weight excluding hydrogens is 219 g/mol. The fourth-order valence-electron chi connectivity index (χ4n) is 0.398. The molecule has 1 aromatic heterocycles. The molecule has 0 aliphatic rings. The predicted molar refractivity (Wildman–Crippen MR) is 23.9 cm³/mol. The summed E-state index contributed by atoms with van der Waals surface area (Å²) in [7, 11) is 0. The van der Waals surface area contributed by atoms with Gasteiger partial charge in [-0.1, -0.05) is 0 Å². The molecule has 1 heterocycles. The summed E-state index contributed by atoms with van der Waals surface area (Å²) in [6.45, 7) is 0. The number of rotatable bonds is 0. The fourth-order valence-corrected chi connectivity index (χ4v) is 0.905. The molecule has 1 nitrogen and oxygen atoms in total. The van der Waals surface area contributed by atoms with Crippen LogP contribution in [-0.4, -0.2) is 4.98 Å². The summed E-state index contributed by atoms with van der Waals surface area (Å²) in [5.74, 6) is 0. The van der Waals surface area contributed by atoms with Crippen LogP contribution in [-0.2, 0) is 18.3 Å². The van der Waals surface area contributed by atoms with Gasteiger partial charge in [0.25, 0.3) is 0 Å². The predicted octanol–water partition coefficient (Wildman–Crippen LogP) is -2.74. The average molecular weight is 223 g/mol. The van der Waals surface area contributed by atoms with E-state index in [2.05, 4.69) is 4.98 Å². The van der Waals surface area contributed by atoms with Gasteiger partial charge < -0.3 is 17.0 Å². The van der Waals surface area contributed by atoms with E-state index in [0.717, 1.165) is 18.3 Å². The Morgan fingerprint density at radius 2 is 2.12 bits per heavy atom. The van der Waals surface area contributed by atoms with E-state index in [0.29, 0.717) is 0 Å². The van der Waals surface area contributed by atoms with Crippen molar-refractivity contribution in [1.29, 1.82) is 0 Å². The summed E-state index contributed by atoms with van der Waals surface area (Å²) in [6, 6.07) is 5.96. The summed E-state index contributed by atoms with van der Waals surface area (Å²) in [5.41, 5.74) is 0. The van der Waals surface area contributed by atoms with E-state index >= 15 is 0 Å². The van der Waals surface area contributed by atoms with Crippen molar-refractivity contribution >= 4 is 4.29 Å². The molecule has 0 atom stereocenters. The summed E-state index contributed by atoms with van der Waals surface area (Å²) in [5, 5.41) is 0. The van der Waals surface area contributed by atoms with E-state index in [1.54, 1.807) is 0 Å². The van der Waals surface area contributed by atoms with Crippen molar-refractivity contribution in [3.05, 3.63) is 24.4 Å². The molecule has 0 unspecified atom stereocenters. The molecule has 1 rings (SSSR count). The first kappa shape index (κ1) is 8.25. The second kappa shape index (κ2) is 4.16. The Morgan fingerprint density at radius 1 is 1.38 bits per heavy atom. The van der Waals surface area contributed by atoms with Crippen molar-refractivity contribution in [3.63, 3.8) is 0 Å². The molecule has 0 saturated carbocycles. The summed E-state index contributed by atoms with van der Waals surface area (Å²) < 4.78 is 1.20. The Hall–Kier alpha value is 0.253. The molecule has 0 bridgehead atoms. The van der Waals surface area contributed by atoms with Crippen LogP contribution in [0.3, 0.4) is 0 Å². The number of nitrogens with zero attached hydrogens (tertiary/aromatic N) is 1. The molecule has 0 fully saturated rings. The topological polar surface area (TPSA) is 12.9 Å². The van der Waals surface area contributed by atoms with Gasteiger partial charge in [0.2, 0.25) is 0 Å². The summed E-state index contributed by atoms with van der Waals surface area (Å²) >= 11 is 1.15. The number of pyridine rings is 1. The van der Waals surface area contributed by atoms with E-state index < -0.39 is 0 Å². The monoisotopic (exact) mass is 221 g/mol. The first-order chi connectivity index (χ1) is 3.39. The van der Waals surface area contributed by atoms with Crippen LogP contribution >= 0.6 is 0 Å². The van der Waals surface area contributed by atoms with Crippen LogP contribution in [0.25, 0.3) is 0 Å². The van der Waals surface area contributed by atoms with Gasteiger partial charge in [0.05, 0.1) is 0 Å². The normalized spacial score (nSPS) is 7.75. The Labute approximate surface area is 69.0 Å². The molecule has 0 radical (unpaired) electrons. The number of hydrogen-bond donors (Lipinski definition) is 0. The van der Waals surface area contributed by atoms with Gasteiger partial charge in [-0.2, -0.15) is 0 Å². The maximum absolute atomic E-state index is 4.03. The third kappa shape index (κ3) is 2.53. The zero-order valence-corrected chi connectivity index (χ0v) is 8.89. The SMILES string of the molecule is [Br-].[Zn+][c]1ccccn1. The second-order valence-electron chi connectivity index (χ2n) is 1.32. The van der Waals surface area contributed by atoms with Crippen LogP contribution in [0.5, 0.6) is 0 Å². The Balaban J connectivity index is 0.000000490. The van der Waals surface area contributed by atoms with Gasteiger partial charge in [0.15, 0.2) is 0 Å². The molecule has 0 aliphatic heterocycles. The maximum atomic E-state index is 4.03. The number of aromatic nitrogens is 1. The molecule has 3 heteroatoms. The third-order valence-corrected chi connectivity index (χ3v) is 1.60. The Kier molecular flexibility index (Phi) is 4.30. The quantitative estimate of drug-likeness (QED) is 0.435. The molecule has 38 valence electrons. The van der Waals surface area contributed by atoms with Gasteiger partial charge >= 0.3 is 52.0 Å². The molecule has 0 aromatic carbocycles. The Morgan fingerprint density at radius 3 is 2.38 bits per heavy atom. The second-order valence-corrected chi connectivity index (χ2v) is 2.84. The first-order valence-corrected chi connectivity index (χ1v) is 3.61. The van der Waals surface area contributed by atoms with Crippen molar-refractivity contribution in [1.82, 2.24) is 4.98 Å². The summed E-state index contributed by atoms with van der Waals surface area (Å²) in [4.78, 5) is 4.03. The van der Waals surface area contributed by atoms with E-state index in [1.807, 2.05) is 24.4 Å². The van der Waals surface area contributed by atoms with Crippen molar-refractivity contribution in [2.75, 3.05) is 0 Å². The van der Waals surface area contributed by atoms with E-state index in [1.165, 1.54) is 4.29 Å². The molecule has 0 N–H and O–H groups in total. The van der Waals surface area contributed by atoms with Crippen molar-refractivity contribution in [2.45, 2.75) is 0 Å². The van der Waals surface area contributed by atoms with Gasteiger partial charge in [0.1, 0.15) is 0 Å². The fraction of sp³-hybridized carbons (Fsp3) is 0. The van der Waals surface area contributed by atoms with E-state index in [-0.39, 0.29) is 17.0 Å². The van der Waals surface area contributed by atoms with Crippen molar-refractivity contribution < 1.29 is 35.3 Å². The zero-order chi connectivity index (χ0) is 5.11. The molecule has 1 aromatic rings. The standard InChI is InChI=1S/C5H4N.BrH.Zn/c1-2-4-6-5-3-1;;/h1-4H;1H;/q;;+1/p-1. The summed E-state index contributed by atoms with van der Waals surface area (Å²) in [6.07, 6.45) is 1.82. The van der Waals surface area contributed by atoms with Crippen molar-refractivity contribution in [2.24, 2.45) is 0 Å². The van der Waals surface area contributed by atoms with Gasteiger partial charge in [0, 0.05) is 0 Å². The Bertz CT molecular complexity index is 142. The zero-order valence-electron chi connectivity index (χ0n) is 4.34. The van der Waals surface area contributed by atoms with Crippen LogP contribution in [0.2, 0.25) is 0 Å². The molecule has 8 heavy (non-hydrogen) atoms. The third-order valence-electron chi connectivity index (χ3n) is 0.726. The van der Waals surface area contributed by atoms with Crippen LogP contribution in [0.15, 0.2) is 24.4 Å². The molecular formula is C5H4BrNZn. The van der Waals surface area contributed by atoms with Crippen LogP contribution < -0.4 is 21.3 Å². The minimum absolute atomic E-state index is 0. The van der Waals surface area contributed by atoms with Crippen LogP contribution in [0, 0.1) is 0 Å². The van der Waals surface area contributed by atoms with Crippen LogP contribution in [0.4, 0.5) is 0 Å². The number of halogens is 1. The minimum atomic E-state index is 0. The average Bonchev–Trinajstić information content (AvgIpc) is 1.69. The molecule has 0 aliphatic carbocycles. The van der Waals surface area contributed by atoms with E-state index in [4.69, 9.17) is 0 Å². The van der Waals surface area contributed by atoms with Gasteiger partial charge in [-0.05, 0) is 0 Å². The van der Waals surface area contributed by atoms with Crippen LogP contribution in [0.1, 0.15) is 0 Å². The first-order valence-electron chi connectivity index (χ1n) is 2.12.